The van der Waals surface area contributed by atoms with Crippen LogP contribution in [0.1, 0.15) is 31.2 Å². The minimum Gasteiger partial charge on any atom is -0.481 e. The highest BCUT2D eigenvalue weighted by atomic mass is 16.5. The highest BCUT2D eigenvalue weighted by Crippen LogP contribution is 2.14. The van der Waals surface area contributed by atoms with E-state index in [1.807, 2.05) is 13.8 Å². The Morgan fingerprint density at radius 1 is 1.75 bits per heavy atom. The zero-order valence-corrected chi connectivity index (χ0v) is 7.07. The Bertz CT molecular complexity index is 278. The lowest BCUT2D eigenvalue weighted by Crippen LogP contribution is -1.99. The summed E-state index contributed by atoms with van der Waals surface area (Å²) in [4.78, 5) is 10.3. The molecule has 12 heavy (non-hydrogen) atoms. The van der Waals surface area contributed by atoms with Crippen LogP contribution >= 0.6 is 0 Å². The molecule has 4 nitrogen and oxygen atoms in total. The first-order chi connectivity index (χ1) is 5.59. The van der Waals surface area contributed by atoms with E-state index < -0.39 is 5.97 Å². The SMILES string of the molecule is CC(C)c1cc(CC(=O)O)no1. The molecule has 1 N–H and O–H groups in total. The van der Waals surface area contributed by atoms with Crippen LogP contribution in [0, 0.1) is 0 Å². The third kappa shape index (κ3) is 2.08. The van der Waals surface area contributed by atoms with Gasteiger partial charge in [-0.3, -0.25) is 4.79 Å². The van der Waals surface area contributed by atoms with Gasteiger partial charge in [-0.05, 0) is 0 Å². The van der Waals surface area contributed by atoms with Crippen molar-refractivity contribution in [3.63, 3.8) is 0 Å². The summed E-state index contributed by atoms with van der Waals surface area (Å²) in [5, 5.41) is 12.1. The Hall–Kier alpha value is -1.32. The number of carbonyl (C=O) groups is 1. The van der Waals surface area contributed by atoms with E-state index in [4.69, 9.17) is 9.63 Å². The van der Waals surface area contributed by atoms with Crippen LogP contribution in [0.15, 0.2) is 10.6 Å². The van der Waals surface area contributed by atoms with Crippen molar-refractivity contribution >= 4 is 5.97 Å². The van der Waals surface area contributed by atoms with E-state index in [1.54, 1.807) is 6.07 Å². The normalized spacial score (nSPS) is 10.6. The number of carboxylic acids is 1. The second-order valence-electron chi connectivity index (χ2n) is 2.95. The Labute approximate surface area is 70.2 Å². The second kappa shape index (κ2) is 3.38. The highest BCUT2D eigenvalue weighted by molar-refractivity contribution is 5.69. The van der Waals surface area contributed by atoms with Crippen molar-refractivity contribution in [1.82, 2.24) is 5.16 Å². The number of carboxylic acid groups (broad SMARTS) is 1. The predicted octanol–water partition coefficient (Wildman–Crippen LogP) is 1.43. The molecule has 1 rings (SSSR count). The molecule has 0 aliphatic rings. The molecule has 0 spiro atoms. The first-order valence-corrected chi connectivity index (χ1v) is 3.77. The van der Waals surface area contributed by atoms with Crippen LogP contribution < -0.4 is 0 Å². The van der Waals surface area contributed by atoms with E-state index >= 15 is 0 Å². The number of aliphatic carboxylic acids is 1. The summed E-state index contributed by atoms with van der Waals surface area (Å²) in [5.41, 5.74) is 0.478. The maximum atomic E-state index is 10.3. The average molecular weight is 169 g/mol. The molecular weight excluding hydrogens is 158 g/mol. The quantitative estimate of drug-likeness (QED) is 0.743. The van der Waals surface area contributed by atoms with Crippen LogP contribution in [-0.2, 0) is 11.2 Å². The molecule has 0 atom stereocenters. The Morgan fingerprint density at radius 2 is 2.42 bits per heavy atom. The fourth-order valence-electron chi connectivity index (χ4n) is 0.839. The number of aromatic nitrogens is 1. The molecule has 1 aromatic heterocycles. The van der Waals surface area contributed by atoms with Gasteiger partial charge >= 0.3 is 5.97 Å². The molecular formula is C8H11NO3. The Morgan fingerprint density at radius 3 is 2.83 bits per heavy atom. The van der Waals surface area contributed by atoms with E-state index in [0.29, 0.717) is 5.69 Å². The summed E-state index contributed by atoms with van der Waals surface area (Å²) in [6, 6.07) is 1.68. The van der Waals surface area contributed by atoms with Crippen LogP contribution in [0.4, 0.5) is 0 Å². The maximum Gasteiger partial charge on any atom is 0.309 e. The maximum absolute atomic E-state index is 10.3. The lowest BCUT2D eigenvalue weighted by molar-refractivity contribution is -0.136. The first kappa shape index (κ1) is 8.77. The third-order valence-corrected chi connectivity index (χ3v) is 1.48. The molecule has 0 amide bonds. The molecule has 0 saturated heterocycles. The van der Waals surface area contributed by atoms with Crippen molar-refractivity contribution in [3.05, 3.63) is 17.5 Å². The molecule has 0 aliphatic heterocycles. The standard InChI is InChI=1S/C8H11NO3/c1-5(2)7-3-6(9-12-7)4-8(10)11/h3,5H,4H2,1-2H3,(H,10,11). The number of hydrogen-bond donors (Lipinski definition) is 1. The molecule has 1 aromatic rings. The summed E-state index contributed by atoms with van der Waals surface area (Å²) in [5.74, 6) is 0.0879. The number of hydrogen-bond acceptors (Lipinski definition) is 3. The van der Waals surface area contributed by atoms with Crippen LogP contribution in [0.2, 0.25) is 0 Å². The summed E-state index contributed by atoms with van der Waals surface area (Å²) < 4.78 is 4.91. The monoisotopic (exact) mass is 169 g/mol. The van der Waals surface area contributed by atoms with Crippen molar-refractivity contribution in [2.45, 2.75) is 26.2 Å². The Kier molecular flexibility index (Phi) is 2.47. The van der Waals surface area contributed by atoms with Gasteiger partial charge in [0.15, 0.2) is 0 Å². The molecule has 66 valence electrons. The summed E-state index contributed by atoms with van der Waals surface area (Å²) in [6.07, 6.45) is -0.0732. The largest absolute Gasteiger partial charge is 0.481 e. The van der Waals surface area contributed by atoms with Gasteiger partial charge in [-0.15, -0.1) is 0 Å². The smallest absolute Gasteiger partial charge is 0.309 e. The van der Waals surface area contributed by atoms with Gasteiger partial charge in [0.25, 0.3) is 0 Å². The summed E-state index contributed by atoms with van der Waals surface area (Å²) in [7, 11) is 0. The van der Waals surface area contributed by atoms with E-state index in [-0.39, 0.29) is 12.3 Å². The number of nitrogens with zero attached hydrogens (tertiary/aromatic N) is 1. The van der Waals surface area contributed by atoms with Gasteiger partial charge in [0.05, 0.1) is 12.1 Å². The fraction of sp³-hybridized carbons (Fsp3) is 0.500. The molecule has 0 fully saturated rings. The highest BCUT2D eigenvalue weighted by Gasteiger charge is 2.09. The fourth-order valence-corrected chi connectivity index (χ4v) is 0.839. The molecule has 0 radical (unpaired) electrons. The van der Waals surface area contributed by atoms with Gasteiger partial charge in [0.2, 0.25) is 0 Å². The lowest BCUT2D eigenvalue weighted by atomic mass is 10.1. The van der Waals surface area contributed by atoms with E-state index in [1.165, 1.54) is 0 Å². The molecule has 0 saturated carbocycles. The Balaban J connectivity index is 2.70. The van der Waals surface area contributed by atoms with E-state index in [2.05, 4.69) is 5.16 Å². The molecule has 1 heterocycles. The second-order valence-corrected chi connectivity index (χ2v) is 2.95. The van der Waals surface area contributed by atoms with Crippen molar-refractivity contribution in [3.8, 4) is 0 Å². The van der Waals surface area contributed by atoms with Gasteiger partial charge in [0, 0.05) is 12.0 Å². The predicted molar refractivity (Wildman–Crippen MR) is 41.9 cm³/mol. The molecule has 0 aliphatic carbocycles. The van der Waals surface area contributed by atoms with E-state index in [0.717, 1.165) is 5.76 Å². The van der Waals surface area contributed by atoms with Gasteiger partial charge in [-0.2, -0.15) is 0 Å². The number of rotatable bonds is 3. The van der Waals surface area contributed by atoms with Crippen molar-refractivity contribution < 1.29 is 14.4 Å². The topological polar surface area (TPSA) is 63.3 Å². The van der Waals surface area contributed by atoms with Gasteiger partial charge in [-0.1, -0.05) is 19.0 Å². The van der Waals surface area contributed by atoms with Crippen LogP contribution in [0.25, 0.3) is 0 Å². The molecule has 0 aromatic carbocycles. The molecule has 4 heteroatoms. The first-order valence-electron chi connectivity index (χ1n) is 3.77. The van der Waals surface area contributed by atoms with Gasteiger partial charge in [-0.25, -0.2) is 0 Å². The van der Waals surface area contributed by atoms with Gasteiger partial charge in [0.1, 0.15) is 5.76 Å². The lowest BCUT2D eigenvalue weighted by Gasteiger charge is -1.93. The van der Waals surface area contributed by atoms with Crippen molar-refractivity contribution in [1.29, 1.82) is 0 Å². The summed E-state index contributed by atoms with van der Waals surface area (Å²) >= 11 is 0. The third-order valence-electron chi connectivity index (χ3n) is 1.48. The van der Waals surface area contributed by atoms with Crippen molar-refractivity contribution in [2.24, 2.45) is 0 Å². The zero-order valence-electron chi connectivity index (χ0n) is 7.07. The zero-order chi connectivity index (χ0) is 9.14. The minimum atomic E-state index is -0.890. The van der Waals surface area contributed by atoms with E-state index in [9.17, 15) is 4.79 Å². The summed E-state index contributed by atoms with van der Waals surface area (Å²) in [6.45, 7) is 3.93. The van der Waals surface area contributed by atoms with Crippen LogP contribution in [0.3, 0.4) is 0 Å². The van der Waals surface area contributed by atoms with Gasteiger partial charge < -0.3 is 9.63 Å². The van der Waals surface area contributed by atoms with Crippen LogP contribution in [0.5, 0.6) is 0 Å². The van der Waals surface area contributed by atoms with Crippen LogP contribution in [-0.4, -0.2) is 16.2 Å². The molecule has 0 unspecified atom stereocenters. The average Bonchev–Trinajstić information content (AvgIpc) is 2.34. The van der Waals surface area contributed by atoms with Crippen molar-refractivity contribution in [2.75, 3.05) is 0 Å². The molecule has 0 bridgehead atoms. The minimum absolute atomic E-state index is 0.0732.